The molecule has 30 heavy (non-hydrogen) atoms. The molecule has 0 N–H and O–H groups in total. The molecule has 1 saturated heterocycles. The lowest BCUT2D eigenvalue weighted by molar-refractivity contribution is -0.147. The molecule has 0 spiro atoms. The summed E-state index contributed by atoms with van der Waals surface area (Å²) in [5.74, 6) is 0.267. The topological polar surface area (TPSA) is 64.4 Å². The lowest BCUT2D eigenvalue weighted by atomic mass is 9.85. The molecule has 2 aromatic rings. The third-order valence-corrected chi connectivity index (χ3v) is 7.10. The third-order valence-electron chi connectivity index (χ3n) is 6.78. The van der Waals surface area contributed by atoms with Gasteiger partial charge in [-0.25, -0.2) is 4.68 Å². The zero-order valence-corrected chi connectivity index (χ0v) is 18.1. The molecule has 0 bridgehead atoms. The van der Waals surface area contributed by atoms with Gasteiger partial charge in [-0.2, -0.15) is 5.10 Å². The number of ether oxygens (including phenoxy) is 1. The van der Waals surface area contributed by atoms with Crippen molar-refractivity contribution in [1.82, 2.24) is 14.7 Å². The number of benzene rings is 1. The van der Waals surface area contributed by atoms with Crippen molar-refractivity contribution in [1.29, 1.82) is 0 Å². The van der Waals surface area contributed by atoms with Gasteiger partial charge >= 0.3 is 0 Å². The molecule has 2 heterocycles. The first-order chi connectivity index (χ1) is 14.5. The maximum Gasteiger partial charge on any atom is 0.280 e. The van der Waals surface area contributed by atoms with E-state index in [-0.39, 0.29) is 23.8 Å². The number of carbonyl (C=O) groups excluding carboxylic acids is 2. The zero-order chi connectivity index (χ0) is 21.0. The number of hydrogen-bond donors (Lipinski definition) is 0. The van der Waals surface area contributed by atoms with E-state index in [0.717, 1.165) is 48.2 Å². The first-order valence-corrected chi connectivity index (χ1v) is 11.1. The van der Waals surface area contributed by atoms with E-state index in [4.69, 9.17) is 16.3 Å². The monoisotopic (exact) mass is 427 g/mol. The summed E-state index contributed by atoms with van der Waals surface area (Å²) in [6.07, 6.45) is 4.42. The van der Waals surface area contributed by atoms with Gasteiger partial charge in [-0.05, 0) is 55.7 Å². The van der Waals surface area contributed by atoms with E-state index < -0.39 is 0 Å². The Kier molecular flexibility index (Phi) is 4.94. The van der Waals surface area contributed by atoms with E-state index in [2.05, 4.69) is 5.10 Å². The molecule has 5 rings (SSSR count). The predicted molar refractivity (Wildman–Crippen MR) is 113 cm³/mol. The van der Waals surface area contributed by atoms with Gasteiger partial charge in [-0.15, -0.1) is 0 Å². The highest BCUT2D eigenvalue weighted by atomic mass is 35.5. The number of methoxy groups -OCH3 is 1. The summed E-state index contributed by atoms with van der Waals surface area (Å²) >= 11 is 6.48. The van der Waals surface area contributed by atoms with Gasteiger partial charge in [-0.1, -0.05) is 23.7 Å². The number of nitrogens with zero attached hydrogens (tertiary/aromatic N) is 3. The van der Waals surface area contributed by atoms with Crippen LogP contribution in [0.15, 0.2) is 18.2 Å². The molecule has 3 aliphatic rings. The fraction of sp³-hybridized carbons (Fsp3) is 0.522. The minimum atomic E-state index is -0.177. The first-order valence-electron chi connectivity index (χ1n) is 10.7. The van der Waals surface area contributed by atoms with Crippen LogP contribution >= 0.6 is 11.6 Å². The molecule has 2 fully saturated rings. The number of fused-ring (bicyclic) bond motifs is 1. The van der Waals surface area contributed by atoms with Crippen LogP contribution in [-0.2, 0) is 22.4 Å². The SMILES string of the molecule is COC1CN(C(=O)C2CCc3c(C)nn(C(=O)c4c(Cl)cccc4C4CC4)c3C2)C1. The highest BCUT2D eigenvalue weighted by molar-refractivity contribution is 6.34. The fourth-order valence-corrected chi connectivity index (χ4v) is 5.07. The van der Waals surface area contributed by atoms with Crippen molar-refractivity contribution in [2.24, 2.45) is 5.92 Å². The van der Waals surface area contributed by atoms with Gasteiger partial charge in [0.05, 0.1) is 28.1 Å². The minimum absolute atomic E-state index is 0.118. The number of amides is 1. The number of carbonyl (C=O) groups is 2. The summed E-state index contributed by atoms with van der Waals surface area (Å²) in [6, 6.07) is 5.68. The Morgan fingerprint density at radius 1 is 1.20 bits per heavy atom. The van der Waals surface area contributed by atoms with Gasteiger partial charge in [0.2, 0.25) is 5.91 Å². The molecule has 1 aliphatic heterocycles. The van der Waals surface area contributed by atoms with Crippen molar-refractivity contribution in [3.05, 3.63) is 51.3 Å². The fourth-order valence-electron chi connectivity index (χ4n) is 4.81. The average molecular weight is 428 g/mol. The van der Waals surface area contributed by atoms with Gasteiger partial charge in [-0.3, -0.25) is 9.59 Å². The number of likely N-dealkylation sites (tertiary alicyclic amines) is 1. The second kappa shape index (κ2) is 7.50. The highest BCUT2D eigenvalue weighted by Gasteiger charge is 2.38. The standard InChI is InChI=1S/C23H26ClN3O3/c1-13-17-9-8-15(22(28)26-11-16(12-26)30-2)10-20(17)27(25-13)23(29)21-18(14-6-7-14)4-3-5-19(21)24/h3-5,14-16H,6-12H2,1-2H3. The number of aromatic nitrogens is 2. The Balaban J connectivity index is 1.44. The molecule has 1 unspecified atom stereocenters. The second-order valence-corrected chi connectivity index (χ2v) is 9.15. The van der Waals surface area contributed by atoms with E-state index in [1.165, 1.54) is 4.68 Å². The van der Waals surface area contributed by atoms with Crippen LogP contribution in [0.25, 0.3) is 0 Å². The highest BCUT2D eigenvalue weighted by Crippen LogP contribution is 2.43. The third kappa shape index (κ3) is 3.26. The Labute approximate surface area is 181 Å². The van der Waals surface area contributed by atoms with Crippen LogP contribution in [-0.4, -0.2) is 52.8 Å². The first kappa shape index (κ1) is 19.8. The van der Waals surface area contributed by atoms with E-state index in [0.29, 0.717) is 36.0 Å². The summed E-state index contributed by atoms with van der Waals surface area (Å²) in [7, 11) is 1.68. The van der Waals surface area contributed by atoms with Gasteiger partial charge < -0.3 is 9.64 Å². The second-order valence-electron chi connectivity index (χ2n) is 8.75. The average Bonchev–Trinajstić information content (AvgIpc) is 3.50. The van der Waals surface area contributed by atoms with E-state index in [9.17, 15) is 9.59 Å². The van der Waals surface area contributed by atoms with Crippen molar-refractivity contribution < 1.29 is 14.3 Å². The lowest BCUT2D eigenvalue weighted by Crippen LogP contribution is -2.56. The zero-order valence-electron chi connectivity index (χ0n) is 17.4. The Morgan fingerprint density at radius 3 is 2.67 bits per heavy atom. The van der Waals surface area contributed by atoms with Crippen LogP contribution < -0.4 is 0 Å². The number of aryl methyl sites for hydroxylation is 1. The summed E-state index contributed by atoms with van der Waals surface area (Å²) in [6.45, 7) is 3.25. The van der Waals surface area contributed by atoms with Crippen LogP contribution in [0, 0.1) is 12.8 Å². The van der Waals surface area contributed by atoms with Gasteiger partial charge in [0, 0.05) is 32.5 Å². The Hall–Kier alpha value is -2.18. The van der Waals surface area contributed by atoms with Crippen LogP contribution in [0.4, 0.5) is 0 Å². The molecule has 158 valence electrons. The van der Waals surface area contributed by atoms with Gasteiger partial charge in [0.1, 0.15) is 0 Å². The van der Waals surface area contributed by atoms with E-state index >= 15 is 0 Å². The smallest absolute Gasteiger partial charge is 0.280 e. The summed E-state index contributed by atoms with van der Waals surface area (Å²) in [5.41, 5.74) is 4.42. The van der Waals surface area contributed by atoms with Crippen LogP contribution in [0.3, 0.4) is 0 Å². The van der Waals surface area contributed by atoms with Crippen LogP contribution in [0.2, 0.25) is 5.02 Å². The summed E-state index contributed by atoms with van der Waals surface area (Å²) < 4.78 is 6.81. The number of halogens is 1. The molecule has 1 amide bonds. The molecule has 1 saturated carbocycles. The van der Waals surface area contributed by atoms with Gasteiger partial charge in [0.25, 0.3) is 5.91 Å². The van der Waals surface area contributed by atoms with Crippen molar-refractivity contribution in [2.45, 2.75) is 51.0 Å². The molecule has 7 heteroatoms. The maximum absolute atomic E-state index is 13.6. The van der Waals surface area contributed by atoms with Crippen LogP contribution in [0.1, 0.15) is 58.1 Å². The van der Waals surface area contributed by atoms with E-state index in [1.54, 1.807) is 13.2 Å². The van der Waals surface area contributed by atoms with Gasteiger partial charge in [0.15, 0.2) is 0 Å². The van der Waals surface area contributed by atoms with Crippen molar-refractivity contribution in [3.8, 4) is 0 Å². The normalized spacial score (nSPS) is 21.3. The molecular formula is C23H26ClN3O3. The van der Waals surface area contributed by atoms with Crippen molar-refractivity contribution >= 4 is 23.4 Å². The lowest BCUT2D eigenvalue weighted by Gasteiger charge is -2.40. The number of rotatable bonds is 4. The largest absolute Gasteiger partial charge is 0.378 e. The molecule has 6 nitrogen and oxygen atoms in total. The maximum atomic E-state index is 13.6. The minimum Gasteiger partial charge on any atom is -0.378 e. The molecular weight excluding hydrogens is 402 g/mol. The molecule has 1 aromatic carbocycles. The molecule has 1 atom stereocenters. The van der Waals surface area contributed by atoms with E-state index in [1.807, 2.05) is 24.0 Å². The molecule has 1 aromatic heterocycles. The molecule has 0 radical (unpaired) electrons. The van der Waals surface area contributed by atoms with Crippen molar-refractivity contribution in [3.63, 3.8) is 0 Å². The quantitative estimate of drug-likeness (QED) is 0.750. The van der Waals surface area contributed by atoms with Crippen molar-refractivity contribution in [2.75, 3.05) is 20.2 Å². The summed E-state index contributed by atoms with van der Waals surface area (Å²) in [5, 5.41) is 5.07. The Bertz CT molecular complexity index is 1020. The summed E-state index contributed by atoms with van der Waals surface area (Å²) in [4.78, 5) is 28.4. The molecule has 2 aliphatic carbocycles. The van der Waals surface area contributed by atoms with Crippen LogP contribution in [0.5, 0.6) is 0 Å². The predicted octanol–water partition coefficient (Wildman–Crippen LogP) is 3.37. The Morgan fingerprint density at radius 2 is 1.97 bits per heavy atom. The number of hydrogen-bond acceptors (Lipinski definition) is 4.